The van der Waals surface area contributed by atoms with Crippen LogP contribution in [0, 0.1) is 41.5 Å². The quantitative estimate of drug-likeness (QED) is 0.688. The van der Waals surface area contributed by atoms with Crippen LogP contribution in [0.15, 0.2) is 41.2 Å². The Bertz CT molecular complexity index is 918. The van der Waals surface area contributed by atoms with Crippen LogP contribution in [0.25, 0.3) is 10.5 Å². The van der Waals surface area contributed by atoms with Crippen molar-refractivity contribution in [1.29, 1.82) is 5.26 Å². The summed E-state index contributed by atoms with van der Waals surface area (Å²) in [5.41, 5.74) is 10.2. The highest BCUT2D eigenvalue weighted by Crippen LogP contribution is 2.46. The summed E-state index contributed by atoms with van der Waals surface area (Å²) in [6, 6.07) is 9.39. The van der Waals surface area contributed by atoms with E-state index >= 15 is 0 Å². The van der Waals surface area contributed by atoms with Crippen LogP contribution in [0.1, 0.15) is 38.7 Å². The lowest BCUT2D eigenvalue weighted by Gasteiger charge is -2.39. The number of halogens is 1. The summed E-state index contributed by atoms with van der Waals surface area (Å²) in [5.74, 6) is 0.226. The van der Waals surface area contributed by atoms with Gasteiger partial charge in [-0.1, -0.05) is 12.1 Å². The minimum atomic E-state index is -0.306. The number of dihydropyridines is 1. The molecule has 1 aromatic rings. The monoisotopic (exact) mass is 377 g/mol. The molecule has 28 heavy (non-hydrogen) atoms. The molecular formula is C22H24FN5. The smallest absolute Gasteiger partial charge is 0.197 e. The number of hydrazine groups is 1. The molecule has 5 nitrogen and oxygen atoms in total. The van der Waals surface area contributed by atoms with Gasteiger partial charge in [0.2, 0.25) is 0 Å². The van der Waals surface area contributed by atoms with E-state index in [0.717, 1.165) is 30.5 Å². The van der Waals surface area contributed by atoms with Crippen LogP contribution in [0.2, 0.25) is 0 Å². The molecule has 1 saturated carbocycles. The number of rotatable bonds is 2. The number of hydrogen-bond donors (Lipinski definition) is 3. The summed E-state index contributed by atoms with van der Waals surface area (Å²) in [5, 5.41) is 13.1. The van der Waals surface area contributed by atoms with Crippen molar-refractivity contribution in [3.8, 4) is 6.07 Å². The fourth-order valence-corrected chi connectivity index (χ4v) is 5.04. The normalized spacial score (nSPS) is 32.4. The molecule has 2 fully saturated rings. The van der Waals surface area contributed by atoms with E-state index in [-0.39, 0.29) is 17.7 Å². The van der Waals surface area contributed by atoms with Gasteiger partial charge in [0.15, 0.2) is 5.70 Å². The van der Waals surface area contributed by atoms with Crippen molar-refractivity contribution in [3.05, 3.63) is 64.0 Å². The zero-order chi connectivity index (χ0) is 19.8. The van der Waals surface area contributed by atoms with E-state index in [9.17, 15) is 9.65 Å². The molecule has 1 aliphatic carbocycles. The molecule has 1 aromatic carbocycles. The number of allylic oxidation sites excluding steroid dienone is 2. The lowest BCUT2D eigenvalue weighted by Crippen LogP contribution is -2.39. The van der Waals surface area contributed by atoms with Gasteiger partial charge in [0.1, 0.15) is 5.82 Å². The summed E-state index contributed by atoms with van der Waals surface area (Å²) < 4.78 is 13.4. The molecule has 3 aliphatic rings. The van der Waals surface area contributed by atoms with Crippen LogP contribution in [0.3, 0.4) is 0 Å². The first-order valence-corrected chi connectivity index (χ1v) is 9.80. The summed E-state index contributed by atoms with van der Waals surface area (Å²) in [4.78, 5) is 3.88. The maximum absolute atomic E-state index is 13.4. The Morgan fingerprint density at radius 2 is 1.96 bits per heavy atom. The van der Waals surface area contributed by atoms with Crippen molar-refractivity contribution in [1.82, 2.24) is 16.2 Å². The molecule has 2 heterocycles. The molecule has 3 N–H and O–H groups in total. The second-order valence-corrected chi connectivity index (χ2v) is 8.05. The Kier molecular flexibility index (Phi) is 4.93. The van der Waals surface area contributed by atoms with Crippen LogP contribution in [0.5, 0.6) is 0 Å². The summed E-state index contributed by atoms with van der Waals surface area (Å²) in [6.45, 7) is 12.0. The standard InChI is InChI=1S/C22H24FN5/c1-12-18(11-24)20(15-6-9-19-17(10-15)13(2)27-28-19)22(25-3)21(26-12)14-4-7-16(23)8-5-14/h4-5,7-8,13,15,17,19-20,26-28H,6,9-10H2,1-2H3. The average Bonchev–Trinajstić information content (AvgIpc) is 3.08. The van der Waals surface area contributed by atoms with E-state index in [0.29, 0.717) is 35.0 Å². The molecule has 5 unspecified atom stereocenters. The van der Waals surface area contributed by atoms with Gasteiger partial charge in [-0.2, -0.15) is 5.26 Å². The first-order valence-electron chi connectivity index (χ1n) is 9.80. The molecule has 1 saturated heterocycles. The van der Waals surface area contributed by atoms with Crippen LogP contribution in [-0.2, 0) is 0 Å². The summed E-state index contributed by atoms with van der Waals surface area (Å²) in [7, 11) is 0. The Balaban J connectivity index is 1.75. The Hall–Kier alpha value is -2.67. The van der Waals surface area contributed by atoms with Gasteiger partial charge in [-0.25, -0.2) is 9.24 Å². The van der Waals surface area contributed by atoms with Crippen molar-refractivity contribution < 1.29 is 4.39 Å². The van der Waals surface area contributed by atoms with Gasteiger partial charge in [0, 0.05) is 35.0 Å². The largest absolute Gasteiger partial charge is 0.367 e. The lowest BCUT2D eigenvalue weighted by atomic mass is 9.68. The number of nitrogens with one attached hydrogen (secondary N) is 3. The fraction of sp³-hybridized carbons (Fsp3) is 0.455. The minimum Gasteiger partial charge on any atom is -0.367 e. The van der Waals surface area contributed by atoms with Crippen molar-refractivity contribution in [2.75, 3.05) is 0 Å². The van der Waals surface area contributed by atoms with Gasteiger partial charge in [0.25, 0.3) is 0 Å². The van der Waals surface area contributed by atoms with E-state index in [1.807, 2.05) is 6.92 Å². The molecule has 5 atom stereocenters. The number of nitrogens with zero attached hydrogens (tertiary/aromatic N) is 2. The Morgan fingerprint density at radius 3 is 2.64 bits per heavy atom. The molecule has 2 aliphatic heterocycles. The first kappa shape index (κ1) is 18.7. The zero-order valence-electron chi connectivity index (χ0n) is 16.1. The van der Waals surface area contributed by atoms with Gasteiger partial charge in [-0.05, 0) is 62.6 Å². The van der Waals surface area contributed by atoms with Crippen LogP contribution >= 0.6 is 0 Å². The highest BCUT2D eigenvalue weighted by molar-refractivity contribution is 5.73. The molecular weight excluding hydrogens is 353 g/mol. The van der Waals surface area contributed by atoms with E-state index in [1.165, 1.54) is 12.1 Å². The van der Waals surface area contributed by atoms with Gasteiger partial charge >= 0.3 is 0 Å². The molecule has 0 spiro atoms. The number of nitriles is 1. The second-order valence-electron chi connectivity index (χ2n) is 8.05. The molecule has 0 aromatic heterocycles. The highest BCUT2D eigenvalue weighted by Gasteiger charge is 2.44. The molecule has 6 heteroatoms. The summed E-state index contributed by atoms with van der Waals surface area (Å²) in [6.07, 6.45) is 2.98. The third kappa shape index (κ3) is 3.09. The van der Waals surface area contributed by atoms with Crippen molar-refractivity contribution >= 4 is 5.70 Å². The molecule has 0 radical (unpaired) electrons. The maximum Gasteiger partial charge on any atom is 0.197 e. The predicted molar refractivity (Wildman–Crippen MR) is 105 cm³/mol. The highest BCUT2D eigenvalue weighted by atomic mass is 19.1. The maximum atomic E-state index is 13.4. The Morgan fingerprint density at radius 1 is 1.21 bits per heavy atom. The fourth-order valence-electron chi connectivity index (χ4n) is 5.04. The Labute approximate surface area is 165 Å². The average molecular weight is 377 g/mol. The summed E-state index contributed by atoms with van der Waals surface area (Å²) >= 11 is 0. The molecule has 4 rings (SSSR count). The van der Waals surface area contributed by atoms with E-state index in [1.54, 1.807) is 12.1 Å². The van der Waals surface area contributed by atoms with Crippen molar-refractivity contribution in [2.45, 2.75) is 45.2 Å². The number of hydrogen-bond acceptors (Lipinski definition) is 4. The zero-order valence-corrected chi connectivity index (χ0v) is 16.1. The third-order valence-corrected chi connectivity index (χ3v) is 6.50. The number of benzene rings is 1. The molecule has 0 amide bonds. The minimum absolute atomic E-state index is 0.211. The van der Waals surface area contributed by atoms with Gasteiger partial charge in [-0.3, -0.25) is 10.9 Å². The SMILES string of the molecule is [C-]#[N+]C1=C(c2ccc(F)cc2)NC(C)=C(C#N)C1C1CCC2NNC(C)C2C1. The number of fused-ring (bicyclic) bond motifs is 1. The van der Waals surface area contributed by atoms with Gasteiger partial charge in [-0.15, -0.1) is 0 Å². The van der Waals surface area contributed by atoms with E-state index in [4.69, 9.17) is 6.57 Å². The predicted octanol–water partition coefficient (Wildman–Crippen LogP) is 3.71. The molecule has 144 valence electrons. The van der Waals surface area contributed by atoms with Gasteiger partial charge < -0.3 is 5.32 Å². The van der Waals surface area contributed by atoms with Crippen LogP contribution in [0.4, 0.5) is 4.39 Å². The van der Waals surface area contributed by atoms with Crippen molar-refractivity contribution in [3.63, 3.8) is 0 Å². The van der Waals surface area contributed by atoms with E-state index in [2.05, 4.69) is 34.0 Å². The van der Waals surface area contributed by atoms with Crippen LogP contribution in [-0.4, -0.2) is 12.1 Å². The molecule has 0 bridgehead atoms. The van der Waals surface area contributed by atoms with Crippen LogP contribution < -0.4 is 16.2 Å². The lowest BCUT2D eigenvalue weighted by molar-refractivity contribution is 0.207. The third-order valence-electron chi connectivity index (χ3n) is 6.50. The topological polar surface area (TPSA) is 64.2 Å². The van der Waals surface area contributed by atoms with Crippen molar-refractivity contribution in [2.24, 2.45) is 17.8 Å². The van der Waals surface area contributed by atoms with E-state index < -0.39 is 0 Å². The first-order chi connectivity index (χ1) is 13.5. The second kappa shape index (κ2) is 7.39. The van der Waals surface area contributed by atoms with Gasteiger partial charge in [0.05, 0.1) is 12.6 Å².